The summed E-state index contributed by atoms with van der Waals surface area (Å²) in [5.41, 5.74) is 7.50. The highest BCUT2D eigenvalue weighted by molar-refractivity contribution is 8.93. The lowest BCUT2D eigenvalue weighted by atomic mass is 9.87. The Bertz CT molecular complexity index is 533. The minimum absolute atomic E-state index is 0. The van der Waals surface area contributed by atoms with Crippen molar-refractivity contribution in [3.63, 3.8) is 0 Å². The van der Waals surface area contributed by atoms with Crippen molar-refractivity contribution in [2.24, 2.45) is 11.7 Å². The normalized spacial score (nSPS) is 14.7. The quantitative estimate of drug-likeness (QED) is 0.466. The van der Waals surface area contributed by atoms with Crippen LogP contribution in [-0.2, 0) is 17.0 Å². The molecule has 0 bridgehead atoms. The van der Waals surface area contributed by atoms with Crippen molar-refractivity contribution in [1.29, 1.82) is 5.41 Å². The van der Waals surface area contributed by atoms with E-state index in [-0.39, 0.29) is 28.1 Å². The summed E-state index contributed by atoms with van der Waals surface area (Å²) in [6.45, 7) is 0.786. The molecule has 0 atom stereocenters. The third-order valence-corrected chi connectivity index (χ3v) is 5.22. The van der Waals surface area contributed by atoms with E-state index < -0.39 is 0 Å². The van der Waals surface area contributed by atoms with Crippen LogP contribution in [0.25, 0.3) is 0 Å². The van der Waals surface area contributed by atoms with Gasteiger partial charge in [0.25, 0.3) is 0 Å². The molecule has 0 spiro atoms. The molecule has 134 valence electrons. The van der Waals surface area contributed by atoms with Crippen molar-refractivity contribution < 1.29 is 4.79 Å². The number of amides is 1. The SMILES string of the molecule is Br.N=C(N)SCc1ccccc1CC(=O)NCCC1CCCCC1. The molecular weight excluding hydrogens is 386 g/mol. The zero-order chi connectivity index (χ0) is 16.5. The number of hydrogen-bond acceptors (Lipinski definition) is 3. The highest BCUT2D eigenvalue weighted by atomic mass is 79.9. The molecule has 0 heterocycles. The van der Waals surface area contributed by atoms with Gasteiger partial charge in [0.1, 0.15) is 0 Å². The Hall–Kier alpha value is -1.01. The fraction of sp³-hybridized carbons (Fsp3) is 0.556. The maximum absolute atomic E-state index is 12.2. The summed E-state index contributed by atoms with van der Waals surface area (Å²) in [7, 11) is 0. The number of carbonyl (C=O) groups is 1. The van der Waals surface area contributed by atoms with Gasteiger partial charge < -0.3 is 11.1 Å². The Kier molecular flexibility index (Phi) is 10.1. The van der Waals surface area contributed by atoms with Crippen molar-refractivity contribution >= 4 is 39.8 Å². The first kappa shape index (κ1) is 21.0. The Morgan fingerprint density at radius 1 is 1.21 bits per heavy atom. The van der Waals surface area contributed by atoms with E-state index in [0.29, 0.717) is 12.2 Å². The van der Waals surface area contributed by atoms with Crippen molar-refractivity contribution in [3.05, 3.63) is 35.4 Å². The summed E-state index contributed by atoms with van der Waals surface area (Å²) >= 11 is 1.29. The molecule has 2 rings (SSSR count). The first-order valence-electron chi connectivity index (χ1n) is 8.45. The van der Waals surface area contributed by atoms with E-state index in [1.807, 2.05) is 24.3 Å². The second-order valence-corrected chi connectivity index (χ2v) is 7.26. The molecule has 0 radical (unpaired) electrons. The Labute approximate surface area is 159 Å². The molecule has 1 aliphatic carbocycles. The Balaban J connectivity index is 0.00000288. The van der Waals surface area contributed by atoms with Crippen LogP contribution in [0.1, 0.15) is 49.7 Å². The fourth-order valence-corrected chi connectivity index (χ4v) is 3.75. The number of carbonyl (C=O) groups excluding carboxylic acids is 1. The number of amidine groups is 1. The minimum atomic E-state index is 0. The van der Waals surface area contributed by atoms with Crippen LogP contribution in [0.3, 0.4) is 0 Å². The van der Waals surface area contributed by atoms with Gasteiger partial charge in [-0.15, -0.1) is 17.0 Å². The molecule has 1 aliphatic rings. The van der Waals surface area contributed by atoms with Gasteiger partial charge in [0.15, 0.2) is 5.17 Å². The van der Waals surface area contributed by atoms with Gasteiger partial charge in [-0.25, -0.2) is 0 Å². The van der Waals surface area contributed by atoms with Crippen LogP contribution >= 0.6 is 28.7 Å². The molecule has 1 saturated carbocycles. The van der Waals surface area contributed by atoms with Crippen LogP contribution in [0.2, 0.25) is 0 Å². The third kappa shape index (κ3) is 7.71. The molecule has 4 N–H and O–H groups in total. The number of hydrogen-bond donors (Lipinski definition) is 3. The highest BCUT2D eigenvalue weighted by Crippen LogP contribution is 2.25. The fourth-order valence-electron chi connectivity index (χ4n) is 3.15. The molecule has 1 aromatic carbocycles. The van der Waals surface area contributed by atoms with Gasteiger partial charge in [-0.2, -0.15) is 0 Å². The van der Waals surface area contributed by atoms with E-state index in [4.69, 9.17) is 11.1 Å². The van der Waals surface area contributed by atoms with Gasteiger partial charge in [0, 0.05) is 12.3 Å². The zero-order valence-electron chi connectivity index (χ0n) is 14.1. The first-order chi connectivity index (χ1) is 11.1. The van der Waals surface area contributed by atoms with Gasteiger partial charge in [-0.3, -0.25) is 10.2 Å². The van der Waals surface area contributed by atoms with Crippen LogP contribution in [0, 0.1) is 11.3 Å². The Morgan fingerprint density at radius 2 is 1.88 bits per heavy atom. The molecule has 1 amide bonds. The monoisotopic (exact) mass is 413 g/mol. The predicted molar refractivity (Wildman–Crippen MR) is 108 cm³/mol. The third-order valence-electron chi connectivity index (χ3n) is 4.45. The lowest BCUT2D eigenvalue weighted by Gasteiger charge is -2.21. The topological polar surface area (TPSA) is 79.0 Å². The van der Waals surface area contributed by atoms with E-state index in [2.05, 4.69) is 5.32 Å². The number of rotatable bonds is 7. The Morgan fingerprint density at radius 3 is 2.54 bits per heavy atom. The molecule has 0 aliphatic heterocycles. The van der Waals surface area contributed by atoms with Gasteiger partial charge in [0.05, 0.1) is 6.42 Å². The van der Waals surface area contributed by atoms with Crippen molar-refractivity contribution in [2.75, 3.05) is 6.54 Å². The summed E-state index contributed by atoms with van der Waals surface area (Å²) in [5, 5.41) is 10.5. The number of halogens is 1. The largest absolute Gasteiger partial charge is 0.379 e. The highest BCUT2D eigenvalue weighted by Gasteiger charge is 2.14. The van der Waals surface area contributed by atoms with E-state index >= 15 is 0 Å². The predicted octanol–water partition coefficient (Wildman–Crippen LogP) is 4.02. The van der Waals surface area contributed by atoms with Crippen LogP contribution in [0.15, 0.2) is 24.3 Å². The van der Waals surface area contributed by atoms with Crippen LogP contribution in [-0.4, -0.2) is 17.6 Å². The van der Waals surface area contributed by atoms with Crippen molar-refractivity contribution in [1.82, 2.24) is 5.32 Å². The number of nitrogens with two attached hydrogens (primary N) is 1. The van der Waals surface area contributed by atoms with E-state index in [1.165, 1.54) is 43.9 Å². The lowest BCUT2D eigenvalue weighted by Crippen LogP contribution is -2.28. The zero-order valence-corrected chi connectivity index (χ0v) is 16.6. The molecule has 6 heteroatoms. The van der Waals surface area contributed by atoms with Gasteiger partial charge in [-0.05, 0) is 23.5 Å². The summed E-state index contributed by atoms with van der Waals surface area (Å²) in [4.78, 5) is 12.2. The summed E-state index contributed by atoms with van der Waals surface area (Å²) in [6, 6.07) is 7.89. The number of nitrogens with one attached hydrogen (secondary N) is 2. The van der Waals surface area contributed by atoms with E-state index in [9.17, 15) is 4.79 Å². The lowest BCUT2D eigenvalue weighted by molar-refractivity contribution is -0.120. The van der Waals surface area contributed by atoms with Crippen LogP contribution in [0.5, 0.6) is 0 Å². The first-order valence-corrected chi connectivity index (χ1v) is 9.44. The standard InChI is InChI=1S/C18H27N3OS.BrH/c19-18(20)23-13-16-9-5-4-8-15(16)12-17(22)21-11-10-14-6-2-1-3-7-14;/h4-5,8-9,14H,1-3,6-7,10-13H2,(H3,19,20)(H,21,22);1H. The van der Waals surface area contributed by atoms with Gasteiger partial charge >= 0.3 is 0 Å². The maximum atomic E-state index is 12.2. The summed E-state index contributed by atoms with van der Waals surface area (Å²) in [6.07, 6.45) is 8.21. The van der Waals surface area contributed by atoms with Crippen molar-refractivity contribution in [2.45, 2.75) is 50.7 Å². The average molecular weight is 414 g/mol. The van der Waals surface area contributed by atoms with E-state index in [1.54, 1.807) is 0 Å². The molecule has 1 fully saturated rings. The summed E-state index contributed by atoms with van der Waals surface area (Å²) < 4.78 is 0. The van der Waals surface area contributed by atoms with E-state index in [0.717, 1.165) is 30.0 Å². The molecule has 4 nitrogen and oxygen atoms in total. The van der Waals surface area contributed by atoms with Crippen LogP contribution < -0.4 is 11.1 Å². The molecular formula is C18H28BrN3OS. The number of benzene rings is 1. The molecule has 0 aromatic heterocycles. The molecule has 24 heavy (non-hydrogen) atoms. The second kappa shape index (κ2) is 11.5. The van der Waals surface area contributed by atoms with Crippen LogP contribution in [0.4, 0.5) is 0 Å². The van der Waals surface area contributed by atoms with Gasteiger partial charge in [0.2, 0.25) is 5.91 Å². The smallest absolute Gasteiger partial charge is 0.224 e. The molecule has 1 aromatic rings. The summed E-state index contributed by atoms with van der Waals surface area (Å²) in [5.74, 6) is 1.52. The van der Waals surface area contributed by atoms with Crippen molar-refractivity contribution in [3.8, 4) is 0 Å². The minimum Gasteiger partial charge on any atom is -0.379 e. The van der Waals surface area contributed by atoms with Gasteiger partial charge in [-0.1, -0.05) is 68.1 Å². The number of thioether (sulfide) groups is 1. The maximum Gasteiger partial charge on any atom is 0.224 e. The second-order valence-electron chi connectivity index (χ2n) is 6.24. The molecule has 0 unspecified atom stereocenters. The average Bonchev–Trinajstić information content (AvgIpc) is 2.55. The molecule has 0 saturated heterocycles.